The summed E-state index contributed by atoms with van der Waals surface area (Å²) in [5.41, 5.74) is 4.67. The molecule has 1 amide bonds. The van der Waals surface area contributed by atoms with Crippen molar-refractivity contribution in [3.63, 3.8) is 0 Å². The molecule has 7 heteroatoms. The van der Waals surface area contributed by atoms with E-state index in [0.29, 0.717) is 12.6 Å². The lowest BCUT2D eigenvalue weighted by molar-refractivity contribution is -0.130. The second-order valence-corrected chi connectivity index (χ2v) is 9.44. The Bertz CT molecular complexity index is 1140. The lowest BCUT2D eigenvalue weighted by atomic mass is 10.1. The van der Waals surface area contributed by atoms with Crippen LogP contribution in [0.25, 0.3) is 10.9 Å². The molecule has 2 aliphatic rings. The summed E-state index contributed by atoms with van der Waals surface area (Å²) in [7, 11) is 0. The van der Waals surface area contributed by atoms with E-state index in [9.17, 15) is 4.79 Å². The lowest BCUT2D eigenvalue weighted by Crippen LogP contribution is -2.48. The molecule has 0 spiro atoms. The normalized spacial score (nSPS) is 18.9. The van der Waals surface area contributed by atoms with Gasteiger partial charge in [-0.3, -0.25) is 9.69 Å². The summed E-state index contributed by atoms with van der Waals surface area (Å²) in [4.78, 5) is 21.6. The second kappa shape index (κ2) is 9.97. The molecule has 2 aliphatic heterocycles. The maximum absolute atomic E-state index is 11.5. The van der Waals surface area contributed by atoms with Crippen LogP contribution in [0.15, 0.2) is 48.7 Å². The van der Waals surface area contributed by atoms with Crippen LogP contribution in [0.3, 0.4) is 0 Å². The van der Waals surface area contributed by atoms with Gasteiger partial charge < -0.3 is 24.8 Å². The van der Waals surface area contributed by atoms with Gasteiger partial charge >= 0.3 is 0 Å². The van der Waals surface area contributed by atoms with Gasteiger partial charge in [-0.05, 0) is 50.1 Å². The highest BCUT2D eigenvalue weighted by Gasteiger charge is 2.21. The molecule has 3 aromatic rings. The zero-order valence-electron chi connectivity index (χ0n) is 20.2. The summed E-state index contributed by atoms with van der Waals surface area (Å²) in [6.45, 7) is 10.1. The van der Waals surface area contributed by atoms with Gasteiger partial charge in [0.15, 0.2) is 0 Å². The fraction of sp³-hybridized carbons (Fsp3) is 0.444. The van der Waals surface area contributed by atoms with Crippen LogP contribution in [-0.4, -0.2) is 72.6 Å². The molecule has 0 aliphatic carbocycles. The largest absolute Gasteiger partial charge is 0.491 e. The average molecular weight is 462 g/mol. The van der Waals surface area contributed by atoms with E-state index in [-0.39, 0.29) is 5.91 Å². The van der Waals surface area contributed by atoms with Gasteiger partial charge in [-0.2, -0.15) is 0 Å². The number of para-hydroxylation sites is 2. The number of hydrogen-bond acceptors (Lipinski definition) is 5. The summed E-state index contributed by atoms with van der Waals surface area (Å²) in [6.07, 6.45) is 4.01. The van der Waals surface area contributed by atoms with Crippen molar-refractivity contribution in [3.8, 4) is 5.75 Å². The fourth-order valence-electron chi connectivity index (χ4n) is 5.01. The van der Waals surface area contributed by atoms with Crippen LogP contribution in [0.4, 0.5) is 17.1 Å². The van der Waals surface area contributed by atoms with Crippen LogP contribution in [0.2, 0.25) is 0 Å². The fourth-order valence-corrected chi connectivity index (χ4v) is 5.01. The van der Waals surface area contributed by atoms with Gasteiger partial charge in [0.1, 0.15) is 5.75 Å². The third-order valence-electron chi connectivity index (χ3n) is 7.02. The number of carbonyl (C=O) groups is 1. The summed E-state index contributed by atoms with van der Waals surface area (Å²) < 4.78 is 6.21. The predicted octanol–water partition coefficient (Wildman–Crippen LogP) is 4.44. The molecule has 1 saturated heterocycles. The van der Waals surface area contributed by atoms with Crippen LogP contribution >= 0.6 is 0 Å². The molecular weight excluding hydrogens is 426 g/mol. The molecule has 0 radical (unpaired) electrons. The lowest BCUT2D eigenvalue weighted by Gasteiger charge is -2.34. The topological polar surface area (TPSA) is 63.8 Å². The van der Waals surface area contributed by atoms with Crippen LogP contribution in [0, 0.1) is 0 Å². The first-order valence-corrected chi connectivity index (χ1v) is 12.4. The van der Waals surface area contributed by atoms with E-state index >= 15 is 0 Å². The molecule has 3 heterocycles. The molecule has 0 unspecified atom stereocenters. The number of hydrogen-bond donors (Lipinski definition) is 2. The van der Waals surface area contributed by atoms with Crippen molar-refractivity contribution in [1.82, 2.24) is 14.8 Å². The molecule has 0 saturated carbocycles. The number of ether oxygens (including phenoxy) is 1. The van der Waals surface area contributed by atoms with Crippen LogP contribution in [0.5, 0.6) is 5.75 Å². The van der Waals surface area contributed by atoms with Crippen molar-refractivity contribution in [3.05, 3.63) is 48.7 Å². The Balaban J connectivity index is 1.24. The Labute approximate surface area is 201 Å². The first-order chi connectivity index (χ1) is 16.6. The van der Waals surface area contributed by atoms with Gasteiger partial charge in [0.2, 0.25) is 5.91 Å². The number of carbonyl (C=O) groups excluding carboxylic acids is 1. The van der Waals surface area contributed by atoms with Crippen molar-refractivity contribution >= 4 is 33.9 Å². The van der Waals surface area contributed by atoms with Gasteiger partial charge in [-0.15, -0.1) is 0 Å². The van der Waals surface area contributed by atoms with Gasteiger partial charge in [-0.25, -0.2) is 0 Å². The second-order valence-electron chi connectivity index (χ2n) is 9.44. The predicted molar refractivity (Wildman–Crippen MR) is 138 cm³/mol. The number of H-pyrrole nitrogens is 1. The Kier molecular flexibility index (Phi) is 6.63. The molecule has 1 aromatic heterocycles. The number of aromatic amines is 1. The highest BCUT2D eigenvalue weighted by atomic mass is 16.5. The highest BCUT2D eigenvalue weighted by Crippen LogP contribution is 2.37. The smallest absolute Gasteiger partial charge is 0.219 e. The van der Waals surface area contributed by atoms with Crippen LogP contribution in [0.1, 0.15) is 26.7 Å². The van der Waals surface area contributed by atoms with E-state index in [2.05, 4.69) is 69.5 Å². The third-order valence-corrected chi connectivity index (χ3v) is 7.02. The molecule has 2 aromatic carbocycles. The minimum atomic E-state index is 0.177. The van der Waals surface area contributed by atoms with Crippen LogP contribution in [-0.2, 0) is 4.79 Å². The molecule has 1 fully saturated rings. The number of nitrogens with zero attached hydrogens (tertiary/aromatic N) is 3. The SMILES string of the molecule is CC(=O)N1CCN(CCCOc2c[nH]c3ccc(N4CC[C@H](C)Nc5ccccc54)cc23)CC1. The van der Waals surface area contributed by atoms with E-state index in [1.54, 1.807) is 6.92 Å². The van der Waals surface area contributed by atoms with Gasteiger partial charge in [0.05, 0.1) is 18.0 Å². The van der Waals surface area contributed by atoms with Crippen molar-refractivity contribution in [2.24, 2.45) is 0 Å². The quantitative estimate of drug-likeness (QED) is 0.532. The first kappa shape index (κ1) is 22.6. The first-order valence-electron chi connectivity index (χ1n) is 12.4. The summed E-state index contributed by atoms with van der Waals surface area (Å²) in [5.74, 6) is 1.09. The minimum Gasteiger partial charge on any atom is -0.491 e. The van der Waals surface area contributed by atoms with E-state index in [1.807, 2.05) is 11.1 Å². The Hall–Kier alpha value is -3.19. The zero-order valence-corrected chi connectivity index (χ0v) is 20.2. The van der Waals surface area contributed by atoms with E-state index < -0.39 is 0 Å². The Morgan fingerprint density at radius 1 is 1.09 bits per heavy atom. The molecule has 34 heavy (non-hydrogen) atoms. The maximum atomic E-state index is 11.5. The summed E-state index contributed by atoms with van der Waals surface area (Å²) >= 11 is 0. The average Bonchev–Trinajstić information content (AvgIpc) is 3.17. The standard InChI is InChI=1S/C27H35N5O2/c1-20-10-12-32(26-7-4-3-6-25(26)29-20)22-8-9-24-23(18-22)27(19-28-24)34-17-5-11-30-13-15-31(16-14-30)21(2)33/h3-4,6-9,18-20,28-29H,5,10-17H2,1-2H3/t20-/m0/s1. The van der Waals surface area contributed by atoms with E-state index in [1.165, 1.54) is 17.1 Å². The zero-order chi connectivity index (χ0) is 23.5. The summed E-state index contributed by atoms with van der Waals surface area (Å²) in [6, 6.07) is 15.6. The third kappa shape index (κ3) is 4.85. The molecule has 5 rings (SSSR count). The van der Waals surface area contributed by atoms with E-state index in [0.717, 1.165) is 68.8 Å². The number of anilines is 3. The Morgan fingerprint density at radius 3 is 2.74 bits per heavy atom. The highest BCUT2D eigenvalue weighted by molar-refractivity contribution is 5.91. The number of amides is 1. The summed E-state index contributed by atoms with van der Waals surface area (Å²) in [5, 5.41) is 4.76. The maximum Gasteiger partial charge on any atom is 0.219 e. The number of aromatic nitrogens is 1. The number of rotatable bonds is 6. The molecule has 180 valence electrons. The molecule has 7 nitrogen and oxygen atoms in total. The molecule has 2 N–H and O–H groups in total. The Morgan fingerprint density at radius 2 is 1.91 bits per heavy atom. The van der Waals surface area contributed by atoms with Crippen molar-refractivity contribution in [1.29, 1.82) is 0 Å². The minimum absolute atomic E-state index is 0.177. The molecule has 1 atom stereocenters. The van der Waals surface area contributed by atoms with Crippen molar-refractivity contribution in [2.45, 2.75) is 32.7 Å². The molecular formula is C27H35N5O2. The number of piperazine rings is 1. The number of fused-ring (bicyclic) bond motifs is 2. The monoisotopic (exact) mass is 461 g/mol. The number of nitrogens with one attached hydrogen (secondary N) is 2. The van der Waals surface area contributed by atoms with Gasteiger partial charge in [0.25, 0.3) is 0 Å². The molecule has 0 bridgehead atoms. The van der Waals surface area contributed by atoms with Crippen molar-refractivity contribution in [2.75, 3.05) is 56.1 Å². The van der Waals surface area contributed by atoms with Gasteiger partial charge in [-0.1, -0.05) is 12.1 Å². The van der Waals surface area contributed by atoms with Crippen molar-refractivity contribution < 1.29 is 9.53 Å². The van der Waals surface area contributed by atoms with Crippen LogP contribution < -0.4 is 15.0 Å². The number of benzene rings is 2. The van der Waals surface area contributed by atoms with E-state index in [4.69, 9.17) is 4.74 Å². The van der Waals surface area contributed by atoms with Gasteiger partial charge in [0, 0.05) is 75.0 Å².